The summed E-state index contributed by atoms with van der Waals surface area (Å²) in [6.45, 7) is 1.97. The molecule has 1 fully saturated rings. The van der Waals surface area contributed by atoms with Gasteiger partial charge in [-0.3, -0.25) is 0 Å². The van der Waals surface area contributed by atoms with Gasteiger partial charge in [0.25, 0.3) is 0 Å². The van der Waals surface area contributed by atoms with Gasteiger partial charge in [-0.25, -0.2) is 0 Å². The number of para-hydroxylation sites is 1. The molecule has 1 aromatic carbocycles. The number of methoxy groups -OCH3 is 1. The average molecular weight is 263 g/mol. The van der Waals surface area contributed by atoms with E-state index in [1.165, 1.54) is 0 Å². The predicted molar refractivity (Wildman–Crippen MR) is 75.6 cm³/mol. The quantitative estimate of drug-likeness (QED) is 0.885. The van der Waals surface area contributed by atoms with Gasteiger partial charge in [0.05, 0.1) is 13.7 Å². The van der Waals surface area contributed by atoms with E-state index in [-0.39, 0.29) is 6.10 Å². The minimum Gasteiger partial charge on any atom is -0.493 e. The third-order valence-corrected chi connectivity index (χ3v) is 3.07. The molecule has 0 amide bonds. The van der Waals surface area contributed by atoms with E-state index in [2.05, 4.69) is 0 Å². The summed E-state index contributed by atoms with van der Waals surface area (Å²) in [7, 11) is 1.65. The maximum absolute atomic E-state index is 6.06. The van der Waals surface area contributed by atoms with Crippen LogP contribution in [-0.4, -0.2) is 33.0 Å². The van der Waals surface area contributed by atoms with E-state index in [1.54, 1.807) is 7.11 Å². The minimum atomic E-state index is 0.0927. The number of benzene rings is 1. The highest BCUT2D eigenvalue weighted by atomic mass is 16.5. The number of ether oxygens (including phenoxy) is 3. The van der Waals surface area contributed by atoms with Gasteiger partial charge in [0.1, 0.15) is 6.10 Å². The summed E-state index contributed by atoms with van der Waals surface area (Å²) >= 11 is 0. The molecular weight excluding hydrogens is 242 g/mol. The van der Waals surface area contributed by atoms with Crippen LogP contribution in [-0.2, 0) is 4.74 Å². The van der Waals surface area contributed by atoms with Crippen LogP contribution >= 0.6 is 0 Å². The van der Waals surface area contributed by atoms with Crippen LogP contribution in [0.3, 0.4) is 0 Å². The Morgan fingerprint density at radius 3 is 3.05 bits per heavy atom. The first kappa shape index (κ1) is 13.9. The Balaban J connectivity index is 2.21. The maximum Gasteiger partial charge on any atom is 0.168 e. The van der Waals surface area contributed by atoms with Gasteiger partial charge in [-0.2, -0.15) is 0 Å². The lowest BCUT2D eigenvalue weighted by atomic mass is 10.1. The third kappa shape index (κ3) is 3.72. The summed E-state index contributed by atoms with van der Waals surface area (Å²) < 4.78 is 16.9. The zero-order valence-corrected chi connectivity index (χ0v) is 11.3. The van der Waals surface area contributed by atoms with E-state index >= 15 is 0 Å². The Hall–Kier alpha value is -1.52. The molecule has 0 saturated carbocycles. The van der Waals surface area contributed by atoms with Gasteiger partial charge >= 0.3 is 0 Å². The normalized spacial score (nSPS) is 19.6. The Morgan fingerprint density at radius 1 is 1.47 bits per heavy atom. The van der Waals surface area contributed by atoms with Crippen molar-refractivity contribution < 1.29 is 14.2 Å². The summed E-state index contributed by atoms with van der Waals surface area (Å²) in [6.07, 6.45) is 6.00. The van der Waals surface area contributed by atoms with Gasteiger partial charge in [-0.15, -0.1) is 0 Å². The number of hydrogen-bond donors (Lipinski definition) is 1. The highest BCUT2D eigenvalue weighted by Gasteiger charge is 2.18. The van der Waals surface area contributed by atoms with Crippen molar-refractivity contribution in [1.82, 2.24) is 0 Å². The topological polar surface area (TPSA) is 53.7 Å². The number of rotatable bonds is 5. The summed E-state index contributed by atoms with van der Waals surface area (Å²) in [5, 5.41) is 0. The summed E-state index contributed by atoms with van der Waals surface area (Å²) in [4.78, 5) is 0. The minimum absolute atomic E-state index is 0.0927. The van der Waals surface area contributed by atoms with Crippen molar-refractivity contribution >= 4 is 6.08 Å². The molecule has 4 nitrogen and oxygen atoms in total. The van der Waals surface area contributed by atoms with Crippen molar-refractivity contribution in [2.45, 2.75) is 18.9 Å². The van der Waals surface area contributed by atoms with E-state index in [0.29, 0.717) is 13.2 Å². The molecule has 1 unspecified atom stereocenters. The Bertz CT molecular complexity index is 425. The van der Waals surface area contributed by atoms with Gasteiger partial charge in [0.2, 0.25) is 0 Å². The monoisotopic (exact) mass is 263 g/mol. The van der Waals surface area contributed by atoms with Gasteiger partial charge in [-0.1, -0.05) is 24.3 Å². The lowest BCUT2D eigenvalue weighted by Crippen LogP contribution is -2.28. The van der Waals surface area contributed by atoms with Crippen molar-refractivity contribution in [2.24, 2.45) is 5.73 Å². The lowest BCUT2D eigenvalue weighted by molar-refractivity contribution is 0.00635. The second kappa shape index (κ2) is 7.16. The van der Waals surface area contributed by atoms with Gasteiger partial charge < -0.3 is 19.9 Å². The van der Waals surface area contributed by atoms with E-state index in [9.17, 15) is 0 Å². The zero-order chi connectivity index (χ0) is 13.5. The van der Waals surface area contributed by atoms with Crippen LogP contribution in [0.5, 0.6) is 11.5 Å². The van der Waals surface area contributed by atoms with Gasteiger partial charge in [0.15, 0.2) is 11.5 Å². The Morgan fingerprint density at radius 2 is 2.37 bits per heavy atom. The molecule has 0 bridgehead atoms. The van der Waals surface area contributed by atoms with Crippen LogP contribution in [0.1, 0.15) is 18.4 Å². The summed E-state index contributed by atoms with van der Waals surface area (Å²) in [6, 6.07) is 5.84. The first-order chi connectivity index (χ1) is 9.35. The molecular formula is C15H21NO3. The predicted octanol–water partition coefficient (Wildman–Crippen LogP) is 2.22. The highest BCUT2D eigenvalue weighted by molar-refractivity contribution is 5.62. The molecule has 4 heteroatoms. The van der Waals surface area contributed by atoms with Crippen LogP contribution in [0.2, 0.25) is 0 Å². The molecule has 1 aliphatic rings. The fourth-order valence-electron chi connectivity index (χ4n) is 2.12. The number of nitrogens with two attached hydrogens (primary N) is 1. The molecule has 104 valence electrons. The molecule has 0 aromatic heterocycles. The Labute approximate surface area is 114 Å². The van der Waals surface area contributed by atoms with Crippen molar-refractivity contribution in [3.63, 3.8) is 0 Å². The van der Waals surface area contributed by atoms with Crippen molar-refractivity contribution in [1.29, 1.82) is 0 Å². The second-order valence-corrected chi connectivity index (χ2v) is 4.47. The first-order valence-electron chi connectivity index (χ1n) is 6.63. The Kier molecular flexibility index (Phi) is 5.24. The van der Waals surface area contributed by atoms with Crippen molar-refractivity contribution in [3.8, 4) is 11.5 Å². The second-order valence-electron chi connectivity index (χ2n) is 4.47. The molecule has 1 aliphatic heterocycles. The average Bonchev–Trinajstić information content (AvgIpc) is 2.47. The molecule has 1 heterocycles. The van der Waals surface area contributed by atoms with E-state index in [0.717, 1.165) is 36.5 Å². The highest BCUT2D eigenvalue weighted by Crippen LogP contribution is 2.33. The van der Waals surface area contributed by atoms with Crippen LogP contribution in [0.25, 0.3) is 6.08 Å². The van der Waals surface area contributed by atoms with Crippen molar-refractivity contribution in [3.05, 3.63) is 29.8 Å². The van der Waals surface area contributed by atoms with Crippen LogP contribution in [0.15, 0.2) is 24.3 Å². The smallest absolute Gasteiger partial charge is 0.168 e. The molecule has 0 aliphatic carbocycles. The standard InChI is InChI=1S/C15H21NO3/c1-17-14-8-2-5-12(6-3-9-16)15(14)19-13-7-4-10-18-11-13/h2-3,5-6,8,13H,4,7,9-11,16H2,1H3/b6-3+. The molecule has 2 N–H and O–H groups in total. The SMILES string of the molecule is COc1cccc(/C=C/CN)c1OC1CCCOC1. The molecule has 1 atom stereocenters. The summed E-state index contributed by atoms with van der Waals surface area (Å²) in [5.41, 5.74) is 6.48. The number of hydrogen-bond acceptors (Lipinski definition) is 4. The van der Waals surface area contributed by atoms with E-state index in [4.69, 9.17) is 19.9 Å². The van der Waals surface area contributed by atoms with Crippen molar-refractivity contribution in [2.75, 3.05) is 26.9 Å². The maximum atomic E-state index is 6.06. The van der Waals surface area contributed by atoms with Crippen LogP contribution in [0.4, 0.5) is 0 Å². The van der Waals surface area contributed by atoms with Gasteiger partial charge in [0, 0.05) is 18.7 Å². The van der Waals surface area contributed by atoms with E-state index < -0.39 is 0 Å². The first-order valence-corrected chi connectivity index (χ1v) is 6.63. The lowest BCUT2D eigenvalue weighted by Gasteiger charge is -2.25. The van der Waals surface area contributed by atoms with E-state index in [1.807, 2.05) is 30.4 Å². The molecule has 1 saturated heterocycles. The molecule has 2 rings (SSSR count). The molecule has 1 aromatic rings. The van der Waals surface area contributed by atoms with Crippen LogP contribution < -0.4 is 15.2 Å². The fourth-order valence-corrected chi connectivity index (χ4v) is 2.12. The molecule has 19 heavy (non-hydrogen) atoms. The fraction of sp³-hybridized carbons (Fsp3) is 0.467. The summed E-state index contributed by atoms with van der Waals surface area (Å²) in [5.74, 6) is 1.51. The largest absolute Gasteiger partial charge is 0.493 e. The molecule has 0 spiro atoms. The molecule has 0 radical (unpaired) electrons. The van der Waals surface area contributed by atoms with Crippen LogP contribution in [0, 0.1) is 0 Å². The third-order valence-electron chi connectivity index (χ3n) is 3.07. The zero-order valence-electron chi connectivity index (χ0n) is 11.3. The van der Waals surface area contributed by atoms with Gasteiger partial charge in [-0.05, 0) is 18.9 Å².